The molecule has 3 nitrogen and oxygen atoms in total. The van der Waals surface area contributed by atoms with Crippen molar-refractivity contribution in [1.29, 1.82) is 0 Å². The van der Waals surface area contributed by atoms with Crippen molar-refractivity contribution < 1.29 is 9.47 Å². The van der Waals surface area contributed by atoms with Gasteiger partial charge in [0.05, 0.1) is 13.7 Å². The van der Waals surface area contributed by atoms with E-state index in [1.165, 1.54) is 6.42 Å². The van der Waals surface area contributed by atoms with Gasteiger partial charge in [-0.3, -0.25) is 0 Å². The maximum Gasteiger partial charge on any atom is 0.165 e. The quantitative estimate of drug-likeness (QED) is 0.720. The van der Waals surface area contributed by atoms with Crippen LogP contribution >= 0.6 is 0 Å². The molecule has 3 heteroatoms. The molecule has 0 aliphatic rings. The molecule has 0 unspecified atom stereocenters. The zero-order valence-corrected chi connectivity index (χ0v) is 12.0. The van der Waals surface area contributed by atoms with Crippen LogP contribution in [0.4, 0.5) is 0 Å². The van der Waals surface area contributed by atoms with E-state index in [2.05, 4.69) is 25.2 Å². The molecule has 1 N–H and O–H groups in total. The Hall–Kier alpha value is -1.22. The lowest BCUT2D eigenvalue weighted by Gasteiger charge is -2.14. The van der Waals surface area contributed by atoms with Crippen LogP contribution in [0.3, 0.4) is 0 Å². The van der Waals surface area contributed by atoms with Crippen LogP contribution in [0, 0.1) is 5.92 Å². The Bertz CT molecular complexity index is 350. The molecule has 0 radical (unpaired) electrons. The number of para-hydroxylation sites is 1. The Morgan fingerprint density at radius 3 is 2.67 bits per heavy atom. The van der Waals surface area contributed by atoms with Crippen LogP contribution in [0.5, 0.6) is 11.5 Å². The number of hydrogen-bond donors (Lipinski definition) is 1. The molecule has 102 valence electrons. The number of benzene rings is 1. The fourth-order valence-electron chi connectivity index (χ4n) is 1.82. The zero-order valence-electron chi connectivity index (χ0n) is 12.0. The van der Waals surface area contributed by atoms with Gasteiger partial charge < -0.3 is 14.8 Å². The molecule has 0 spiro atoms. The molecule has 1 aromatic rings. The third-order valence-corrected chi connectivity index (χ3v) is 2.78. The largest absolute Gasteiger partial charge is 0.493 e. The summed E-state index contributed by atoms with van der Waals surface area (Å²) in [5.74, 6) is 2.40. The monoisotopic (exact) mass is 251 g/mol. The van der Waals surface area contributed by atoms with Gasteiger partial charge in [-0.05, 0) is 31.9 Å². The smallest absolute Gasteiger partial charge is 0.165 e. The number of methoxy groups -OCH3 is 1. The van der Waals surface area contributed by atoms with Gasteiger partial charge in [0, 0.05) is 12.1 Å². The van der Waals surface area contributed by atoms with E-state index in [1.807, 2.05) is 19.1 Å². The van der Waals surface area contributed by atoms with Gasteiger partial charge in [-0.15, -0.1) is 0 Å². The molecule has 0 amide bonds. The van der Waals surface area contributed by atoms with E-state index in [-0.39, 0.29) is 0 Å². The summed E-state index contributed by atoms with van der Waals surface area (Å²) in [5, 5.41) is 3.44. The molecule has 0 atom stereocenters. The first-order chi connectivity index (χ1) is 8.69. The van der Waals surface area contributed by atoms with Crippen molar-refractivity contribution in [3.8, 4) is 11.5 Å². The van der Waals surface area contributed by atoms with Crippen LogP contribution in [0.15, 0.2) is 18.2 Å². The summed E-state index contributed by atoms with van der Waals surface area (Å²) in [7, 11) is 1.69. The van der Waals surface area contributed by atoms with E-state index in [0.717, 1.165) is 36.1 Å². The molecule has 0 aliphatic heterocycles. The minimum Gasteiger partial charge on any atom is -0.493 e. The van der Waals surface area contributed by atoms with Crippen LogP contribution in [0.25, 0.3) is 0 Å². The molecule has 0 fully saturated rings. The second-order valence-corrected chi connectivity index (χ2v) is 4.74. The Morgan fingerprint density at radius 2 is 2.06 bits per heavy atom. The van der Waals surface area contributed by atoms with Crippen LogP contribution in [0.2, 0.25) is 0 Å². The van der Waals surface area contributed by atoms with Crippen LogP contribution in [0.1, 0.15) is 32.8 Å². The minimum absolute atomic E-state index is 0.653. The lowest BCUT2D eigenvalue weighted by atomic mass is 10.1. The second kappa shape index (κ2) is 7.98. The molecule has 0 aromatic heterocycles. The molecule has 1 rings (SSSR count). The van der Waals surface area contributed by atoms with Crippen LogP contribution in [-0.4, -0.2) is 20.3 Å². The van der Waals surface area contributed by atoms with Gasteiger partial charge >= 0.3 is 0 Å². The molecule has 0 aliphatic carbocycles. The normalized spacial score (nSPS) is 10.7. The molecule has 1 aromatic carbocycles. The highest BCUT2D eigenvalue weighted by molar-refractivity contribution is 5.46. The Morgan fingerprint density at radius 1 is 1.28 bits per heavy atom. The van der Waals surface area contributed by atoms with Gasteiger partial charge in [-0.25, -0.2) is 0 Å². The predicted molar refractivity (Wildman–Crippen MR) is 75.3 cm³/mol. The number of ether oxygens (including phenoxy) is 2. The van der Waals surface area contributed by atoms with Crippen LogP contribution in [-0.2, 0) is 6.54 Å². The van der Waals surface area contributed by atoms with E-state index < -0.39 is 0 Å². The van der Waals surface area contributed by atoms with Crippen molar-refractivity contribution in [2.24, 2.45) is 5.92 Å². The Kier molecular flexibility index (Phi) is 6.58. The molecular formula is C15H25NO2. The van der Waals surface area contributed by atoms with Gasteiger partial charge in [0.15, 0.2) is 11.5 Å². The first-order valence-corrected chi connectivity index (χ1v) is 6.68. The lowest BCUT2D eigenvalue weighted by molar-refractivity contribution is 0.308. The number of hydrogen-bond acceptors (Lipinski definition) is 3. The van der Waals surface area contributed by atoms with E-state index in [9.17, 15) is 0 Å². The van der Waals surface area contributed by atoms with E-state index in [4.69, 9.17) is 9.47 Å². The SMILES string of the molecule is CCOc1cccc(CNCCC(C)C)c1OC. The molecule has 0 saturated carbocycles. The van der Waals surface area contributed by atoms with Crippen molar-refractivity contribution >= 4 is 0 Å². The third-order valence-electron chi connectivity index (χ3n) is 2.78. The highest BCUT2D eigenvalue weighted by Gasteiger charge is 2.09. The summed E-state index contributed by atoms with van der Waals surface area (Å²) in [6.45, 7) is 8.94. The molecular weight excluding hydrogens is 226 g/mol. The standard InChI is InChI=1S/C15H25NO2/c1-5-18-14-8-6-7-13(15(14)17-4)11-16-10-9-12(2)3/h6-8,12,16H,5,9-11H2,1-4H3. The maximum atomic E-state index is 5.56. The van der Waals surface area contributed by atoms with E-state index >= 15 is 0 Å². The number of rotatable bonds is 8. The van der Waals surface area contributed by atoms with Gasteiger partial charge in [0.2, 0.25) is 0 Å². The summed E-state index contributed by atoms with van der Waals surface area (Å²) in [6, 6.07) is 6.02. The molecule has 0 heterocycles. The van der Waals surface area contributed by atoms with E-state index in [1.54, 1.807) is 7.11 Å². The van der Waals surface area contributed by atoms with Crippen molar-refractivity contribution in [3.05, 3.63) is 23.8 Å². The number of nitrogens with one attached hydrogen (secondary N) is 1. The second-order valence-electron chi connectivity index (χ2n) is 4.74. The zero-order chi connectivity index (χ0) is 13.4. The third kappa shape index (κ3) is 4.57. The molecule has 0 saturated heterocycles. The highest BCUT2D eigenvalue weighted by Crippen LogP contribution is 2.30. The summed E-state index contributed by atoms with van der Waals surface area (Å²) in [4.78, 5) is 0. The highest BCUT2D eigenvalue weighted by atomic mass is 16.5. The van der Waals surface area contributed by atoms with Crippen molar-refractivity contribution in [1.82, 2.24) is 5.32 Å². The maximum absolute atomic E-state index is 5.56. The fraction of sp³-hybridized carbons (Fsp3) is 0.600. The minimum atomic E-state index is 0.653. The molecule has 18 heavy (non-hydrogen) atoms. The fourth-order valence-corrected chi connectivity index (χ4v) is 1.82. The average Bonchev–Trinajstić information content (AvgIpc) is 2.35. The van der Waals surface area contributed by atoms with Gasteiger partial charge in [0.25, 0.3) is 0 Å². The lowest BCUT2D eigenvalue weighted by Crippen LogP contribution is -2.17. The van der Waals surface area contributed by atoms with E-state index in [0.29, 0.717) is 6.61 Å². The van der Waals surface area contributed by atoms with Crippen LogP contribution < -0.4 is 14.8 Å². The first kappa shape index (κ1) is 14.8. The first-order valence-electron chi connectivity index (χ1n) is 6.68. The summed E-state index contributed by atoms with van der Waals surface area (Å²) in [5.41, 5.74) is 1.15. The summed E-state index contributed by atoms with van der Waals surface area (Å²) in [6.07, 6.45) is 1.19. The predicted octanol–water partition coefficient (Wildman–Crippen LogP) is 3.23. The summed E-state index contributed by atoms with van der Waals surface area (Å²) < 4.78 is 11.0. The Balaban J connectivity index is 2.61. The van der Waals surface area contributed by atoms with Crippen molar-refractivity contribution in [3.63, 3.8) is 0 Å². The Labute approximate surface area is 110 Å². The van der Waals surface area contributed by atoms with Crippen molar-refractivity contribution in [2.45, 2.75) is 33.7 Å². The molecule has 0 bridgehead atoms. The van der Waals surface area contributed by atoms with Crippen molar-refractivity contribution in [2.75, 3.05) is 20.3 Å². The van der Waals surface area contributed by atoms with Gasteiger partial charge in [-0.1, -0.05) is 26.0 Å². The van der Waals surface area contributed by atoms with Gasteiger partial charge in [-0.2, -0.15) is 0 Å². The average molecular weight is 251 g/mol. The summed E-state index contributed by atoms with van der Waals surface area (Å²) >= 11 is 0. The van der Waals surface area contributed by atoms with Gasteiger partial charge in [0.1, 0.15) is 0 Å². The topological polar surface area (TPSA) is 30.5 Å².